The Labute approximate surface area is 97.9 Å². The van der Waals surface area contributed by atoms with Gasteiger partial charge in [0.05, 0.1) is 17.7 Å². The maximum Gasteiger partial charge on any atom is 0.431 e. The lowest BCUT2D eigenvalue weighted by molar-refractivity contribution is -0.102. The molecule has 1 aromatic carbocycles. The highest BCUT2D eigenvalue weighted by Crippen LogP contribution is 2.23. The third-order valence-electron chi connectivity index (χ3n) is 2.32. The Bertz CT molecular complexity index is 424. The first-order chi connectivity index (χ1) is 8.10. The molecule has 0 radical (unpaired) electrons. The molecule has 1 unspecified atom stereocenters. The van der Waals surface area contributed by atoms with Gasteiger partial charge in [-0.3, -0.25) is 5.21 Å². The van der Waals surface area contributed by atoms with Crippen molar-refractivity contribution in [2.45, 2.75) is 12.5 Å². The molecule has 0 saturated heterocycles. The molecule has 1 rings (SSSR count). The molecule has 0 bridgehead atoms. The number of hydrogen-bond donors (Lipinski definition) is 3. The highest BCUT2D eigenvalue weighted by Gasteiger charge is 2.22. The maximum absolute atomic E-state index is 10.7. The SMILES string of the molecule is N#Cc1ccc(C(CCO)N(O)C(=O)O)cc1. The largest absolute Gasteiger partial charge is 0.463 e. The molecule has 1 atom stereocenters. The first kappa shape index (κ1) is 13.0. The molecule has 0 aliphatic rings. The Morgan fingerprint density at radius 2 is 2.00 bits per heavy atom. The minimum absolute atomic E-state index is 0.0781. The van der Waals surface area contributed by atoms with Gasteiger partial charge in [-0.15, -0.1) is 0 Å². The van der Waals surface area contributed by atoms with Crippen molar-refractivity contribution in [2.75, 3.05) is 6.61 Å². The van der Waals surface area contributed by atoms with Crippen LogP contribution in [-0.4, -0.2) is 33.2 Å². The molecule has 0 fully saturated rings. The number of nitrogens with zero attached hydrogens (tertiary/aromatic N) is 2. The van der Waals surface area contributed by atoms with E-state index in [1.807, 2.05) is 6.07 Å². The van der Waals surface area contributed by atoms with Crippen LogP contribution in [0.4, 0.5) is 4.79 Å². The summed E-state index contributed by atoms with van der Waals surface area (Å²) in [7, 11) is 0. The van der Waals surface area contributed by atoms with Crippen LogP contribution in [0.2, 0.25) is 0 Å². The van der Waals surface area contributed by atoms with Crippen molar-refractivity contribution in [3.63, 3.8) is 0 Å². The summed E-state index contributed by atoms with van der Waals surface area (Å²) in [6.07, 6.45) is -1.41. The number of hydroxylamine groups is 2. The van der Waals surface area contributed by atoms with Crippen LogP contribution in [0, 0.1) is 11.3 Å². The van der Waals surface area contributed by atoms with Crippen molar-refractivity contribution in [3.8, 4) is 6.07 Å². The third-order valence-corrected chi connectivity index (χ3v) is 2.32. The Balaban J connectivity index is 2.97. The molecule has 0 spiro atoms. The van der Waals surface area contributed by atoms with Crippen LogP contribution in [0.15, 0.2) is 24.3 Å². The number of carboxylic acid groups (broad SMARTS) is 1. The maximum atomic E-state index is 10.7. The van der Waals surface area contributed by atoms with Crippen LogP contribution in [0.25, 0.3) is 0 Å². The minimum atomic E-state index is -1.49. The molecule has 6 heteroatoms. The topological polar surface area (TPSA) is 105 Å². The Morgan fingerprint density at radius 1 is 1.41 bits per heavy atom. The number of nitriles is 1. The van der Waals surface area contributed by atoms with Crippen molar-refractivity contribution in [2.24, 2.45) is 0 Å². The smallest absolute Gasteiger partial charge is 0.431 e. The Kier molecular flexibility index (Phi) is 4.46. The van der Waals surface area contributed by atoms with Gasteiger partial charge in [-0.25, -0.2) is 4.79 Å². The van der Waals surface area contributed by atoms with Gasteiger partial charge in [0.2, 0.25) is 0 Å². The standard InChI is InChI=1S/C11H12N2O4/c12-7-8-1-3-9(4-2-8)10(5-6-14)13(17)11(15)16/h1-4,10,14,17H,5-6H2,(H,15,16). The van der Waals surface area contributed by atoms with E-state index in [1.165, 1.54) is 12.1 Å². The summed E-state index contributed by atoms with van der Waals surface area (Å²) in [6, 6.07) is 7.23. The van der Waals surface area contributed by atoms with E-state index in [0.29, 0.717) is 11.1 Å². The van der Waals surface area contributed by atoms with E-state index < -0.39 is 12.1 Å². The number of carbonyl (C=O) groups is 1. The van der Waals surface area contributed by atoms with Gasteiger partial charge in [-0.2, -0.15) is 10.3 Å². The van der Waals surface area contributed by atoms with E-state index >= 15 is 0 Å². The molecular formula is C11H12N2O4. The van der Waals surface area contributed by atoms with Crippen LogP contribution in [0.5, 0.6) is 0 Å². The highest BCUT2D eigenvalue weighted by molar-refractivity contribution is 5.64. The third kappa shape index (κ3) is 3.17. The molecule has 17 heavy (non-hydrogen) atoms. The predicted molar refractivity (Wildman–Crippen MR) is 57.3 cm³/mol. The second kappa shape index (κ2) is 5.84. The van der Waals surface area contributed by atoms with E-state index in [1.54, 1.807) is 12.1 Å². The molecule has 90 valence electrons. The molecule has 0 heterocycles. The van der Waals surface area contributed by atoms with E-state index in [9.17, 15) is 10.0 Å². The zero-order valence-corrected chi connectivity index (χ0v) is 8.95. The number of aliphatic hydroxyl groups is 1. The summed E-state index contributed by atoms with van der Waals surface area (Å²) in [5.41, 5.74) is 0.958. The van der Waals surface area contributed by atoms with Gasteiger partial charge in [-0.05, 0) is 24.1 Å². The fraction of sp³-hybridized carbons (Fsp3) is 0.273. The molecule has 1 amide bonds. The summed E-state index contributed by atoms with van der Waals surface area (Å²) < 4.78 is 0. The van der Waals surface area contributed by atoms with Crippen LogP contribution in [0.1, 0.15) is 23.6 Å². The first-order valence-corrected chi connectivity index (χ1v) is 4.92. The monoisotopic (exact) mass is 236 g/mol. The molecule has 0 aromatic heterocycles. The van der Waals surface area contributed by atoms with Crippen molar-refractivity contribution in [1.82, 2.24) is 5.06 Å². The van der Waals surface area contributed by atoms with Crippen molar-refractivity contribution in [3.05, 3.63) is 35.4 Å². The molecule has 0 aliphatic carbocycles. The summed E-state index contributed by atoms with van der Waals surface area (Å²) in [4.78, 5) is 10.7. The van der Waals surface area contributed by atoms with E-state index in [4.69, 9.17) is 15.5 Å². The lowest BCUT2D eigenvalue weighted by Gasteiger charge is -2.23. The Morgan fingerprint density at radius 3 is 2.41 bits per heavy atom. The van der Waals surface area contributed by atoms with Crippen molar-refractivity contribution in [1.29, 1.82) is 5.26 Å². The number of hydrogen-bond acceptors (Lipinski definition) is 4. The van der Waals surface area contributed by atoms with Gasteiger partial charge in [-0.1, -0.05) is 12.1 Å². The highest BCUT2D eigenvalue weighted by atomic mass is 16.6. The fourth-order valence-corrected chi connectivity index (χ4v) is 1.47. The summed E-state index contributed by atoms with van der Waals surface area (Å²) in [5.74, 6) is 0. The molecular weight excluding hydrogens is 224 g/mol. The molecule has 3 N–H and O–H groups in total. The van der Waals surface area contributed by atoms with Gasteiger partial charge in [0.15, 0.2) is 0 Å². The van der Waals surface area contributed by atoms with Gasteiger partial charge in [0, 0.05) is 6.61 Å². The quantitative estimate of drug-likeness (QED) is 0.540. The zero-order valence-electron chi connectivity index (χ0n) is 8.95. The van der Waals surface area contributed by atoms with E-state index in [2.05, 4.69) is 0 Å². The first-order valence-electron chi connectivity index (χ1n) is 4.92. The second-order valence-electron chi connectivity index (χ2n) is 3.39. The van der Waals surface area contributed by atoms with Crippen LogP contribution >= 0.6 is 0 Å². The molecule has 0 aliphatic heterocycles. The van der Waals surface area contributed by atoms with Gasteiger partial charge in [0.25, 0.3) is 0 Å². The van der Waals surface area contributed by atoms with Crippen molar-refractivity contribution < 1.29 is 20.2 Å². The van der Waals surface area contributed by atoms with Crippen molar-refractivity contribution >= 4 is 6.09 Å². The second-order valence-corrected chi connectivity index (χ2v) is 3.39. The number of amides is 1. The van der Waals surface area contributed by atoms with Crippen LogP contribution in [-0.2, 0) is 0 Å². The van der Waals surface area contributed by atoms with Gasteiger partial charge >= 0.3 is 6.09 Å². The average molecular weight is 236 g/mol. The zero-order chi connectivity index (χ0) is 12.8. The number of benzene rings is 1. The van der Waals surface area contributed by atoms with Crippen LogP contribution in [0.3, 0.4) is 0 Å². The normalized spacial score (nSPS) is 11.6. The Hall–Kier alpha value is -2.10. The van der Waals surface area contributed by atoms with E-state index in [0.717, 1.165) is 0 Å². The number of aliphatic hydroxyl groups excluding tert-OH is 1. The fourth-order valence-electron chi connectivity index (χ4n) is 1.47. The lowest BCUT2D eigenvalue weighted by Crippen LogP contribution is -2.31. The predicted octanol–water partition coefficient (Wildman–Crippen LogP) is 1.35. The average Bonchev–Trinajstić information content (AvgIpc) is 2.35. The van der Waals surface area contributed by atoms with E-state index in [-0.39, 0.29) is 18.1 Å². The lowest BCUT2D eigenvalue weighted by atomic mass is 10.0. The summed E-state index contributed by atoms with van der Waals surface area (Å²) in [6.45, 7) is -0.255. The minimum Gasteiger partial charge on any atom is -0.463 e. The summed E-state index contributed by atoms with van der Waals surface area (Å²) in [5, 5.41) is 35.7. The van der Waals surface area contributed by atoms with Gasteiger partial charge in [0.1, 0.15) is 0 Å². The number of rotatable bonds is 4. The molecule has 1 aromatic rings. The summed E-state index contributed by atoms with van der Waals surface area (Å²) >= 11 is 0. The van der Waals surface area contributed by atoms with Crippen LogP contribution < -0.4 is 0 Å². The molecule has 0 saturated carbocycles. The van der Waals surface area contributed by atoms with Gasteiger partial charge < -0.3 is 10.2 Å². The molecule has 6 nitrogen and oxygen atoms in total.